The van der Waals surface area contributed by atoms with Crippen LogP contribution in [0.1, 0.15) is 17.9 Å². The van der Waals surface area contributed by atoms with E-state index in [9.17, 15) is 0 Å². The lowest BCUT2D eigenvalue weighted by atomic mass is 10.2. The molecule has 3 heterocycles. The molecule has 0 aliphatic carbocycles. The fourth-order valence-corrected chi connectivity index (χ4v) is 3.91. The van der Waals surface area contributed by atoms with Gasteiger partial charge in [-0.15, -0.1) is 11.3 Å². The number of nitrogens with one attached hydrogen (secondary N) is 1. The molecular weight excluding hydrogens is 318 g/mol. The van der Waals surface area contributed by atoms with Crippen molar-refractivity contribution < 1.29 is 4.42 Å². The number of hydrogen-bond donors (Lipinski definition) is 1. The SMILES string of the molecule is Cc1ccc(-c2nc(CN3CC[C@@H](Nc4ccccc4)C3)cs2)o1. The quantitative estimate of drug-likeness (QED) is 0.748. The lowest BCUT2D eigenvalue weighted by Crippen LogP contribution is -2.26. The van der Waals surface area contributed by atoms with E-state index in [1.54, 1.807) is 11.3 Å². The van der Waals surface area contributed by atoms with E-state index in [1.165, 1.54) is 12.1 Å². The molecule has 0 bridgehead atoms. The molecule has 4 nitrogen and oxygen atoms in total. The summed E-state index contributed by atoms with van der Waals surface area (Å²) in [5.41, 5.74) is 2.33. The lowest BCUT2D eigenvalue weighted by molar-refractivity contribution is 0.325. The van der Waals surface area contributed by atoms with Crippen LogP contribution in [0.25, 0.3) is 10.8 Å². The number of aryl methyl sites for hydroxylation is 1. The molecule has 0 spiro atoms. The summed E-state index contributed by atoms with van der Waals surface area (Å²) in [4.78, 5) is 7.19. The maximum Gasteiger partial charge on any atom is 0.162 e. The molecule has 1 aromatic carbocycles. The average Bonchev–Trinajstić information content (AvgIpc) is 3.31. The van der Waals surface area contributed by atoms with Crippen molar-refractivity contribution >= 4 is 17.0 Å². The van der Waals surface area contributed by atoms with Crippen LogP contribution in [0.15, 0.2) is 52.3 Å². The predicted octanol–water partition coefficient (Wildman–Crippen LogP) is 4.40. The molecule has 0 amide bonds. The first-order valence-electron chi connectivity index (χ1n) is 8.31. The van der Waals surface area contributed by atoms with Crippen molar-refractivity contribution in [2.75, 3.05) is 18.4 Å². The number of furan rings is 1. The van der Waals surface area contributed by atoms with Gasteiger partial charge in [-0.3, -0.25) is 4.90 Å². The largest absolute Gasteiger partial charge is 0.459 e. The summed E-state index contributed by atoms with van der Waals surface area (Å²) >= 11 is 1.66. The lowest BCUT2D eigenvalue weighted by Gasteiger charge is -2.16. The third-order valence-corrected chi connectivity index (χ3v) is 5.21. The fraction of sp³-hybridized carbons (Fsp3) is 0.316. The molecule has 1 saturated heterocycles. The van der Waals surface area contributed by atoms with E-state index < -0.39 is 0 Å². The number of benzene rings is 1. The van der Waals surface area contributed by atoms with Gasteiger partial charge in [0.2, 0.25) is 0 Å². The van der Waals surface area contributed by atoms with Crippen molar-refractivity contribution in [1.82, 2.24) is 9.88 Å². The first kappa shape index (κ1) is 15.4. The topological polar surface area (TPSA) is 41.3 Å². The van der Waals surface area contributed by atoms with Crippen molar-refractivity contribution in [3.63, 3.8) is 0 Å². The first-order valence-corrected chi connectivity index (χ1v) is 9.19. The van der Waals surface area contributed by atoms with Crippen LogP contribution in [0.3, 0.4) is 0 Å². The minimum absolute atomic E-state index is 0.512. The van der Waals surface area contributed by atoms with E-state index in [4.69, 9.17) is 9.40 Å². The molecular formula is C19H21N3OS. The number of para-hydroxylation sites is 1. The summed E-state index contributed by atoms with van der Waals surface area (Å²) < 4.78 is 5.66. The molecule has 1 atom stereocenters. The third kappa shape index (κ3) is 3.52. The van der Waals surface area contributed by atoms with Crippen molar-refractivity contribution in [3.05, 3.63) is 59.3 Å². The smallest absolute Gasteiger partial charge is 0.162 e. The van der Waals surface area contributed by atoms with Crippen LogP contribution in [-0.2, 0) is 6.54 Å². The second-order valence-corrected chi connectivity index (χ2v) is 7.14. The van der Waals surface area contributed by atoms with Gasteiger partial charge in [-0.2, -0.15) is 0 Å². The van der Waals surface area contributed by atoms with Gasteiger partial charge in [0.05, 0.1) is 5.69 Å². The number of rotatable bonds is 5. The van der Waals surface area contributed by atoms with Crippen LogP contribution >= 0.6 is 11.3 Å². The Morgan fingerprint density at radius 1 is 1.25 bits per heavy atom. The highest BCUT2D eigenvalue weighted by molar-refractivity contribution is 7.13. The van der Waals surface area contributed by atoms with Crippen LogP contribution in [0, 0.1) is 6.92 Å². The molecule has 1 aliphatic heterocycles. The van der Waals surface area contributed by atoms with E-state index >= 15 is 0 Å². The summed E-state index contributed by atoms with van der Waals surface area (Å²) in [5.74, 6) is 1.80. The second-order valence-electron chi connectivity index (χ2n) is 6.29. The Bertz CT molecular complexity index is 796. The first-order chi connectivity index (χ1) is 11.8. The molecule has 1 fully saturated rings. The van der Waals surface area contributed by atoms with Crippen molar-refractivity contribution in [2.24, 2.45) is 0 Å². The summed E-state index contributed by atoms with van der Waals surface area (Å²) in [5, 5.41) is 6.73. The minimum Gasteiger partial charge on any atom is -0.459 e. The van der Waals surface area contributed by atoms with Crippen LogP contribution < -0.4 is 5.32 Å². The van der Waals surface area contributed by atoms with Gasteiger partial charge < -0.3 is 9.73 Å². The predicted molar refractivity (Wildman–Crippen MR) is 98.3 cm³/mol. The Morgan fingerprint density at radius 3 is 2.92 bits per heavy atom. The number of thiazole rings is 1. The van der Waals surface area contributed by atoms with Gasteiger partial charge >= 0.3 is 0 Å². The van der Waals surface area contributed by atoms with E-state index in [2.05, 4.69) is 39.9 Å². The molecule has 24 heavy (non-hydrogen) atoms. The van der Waals surface area contributed by atoms with Gasteiger partial charge in [-0.05, 0) is 37.6 Å². The highest BCUT2D eigenvalue weighted by Gasteiger charge is 2.23. The monoisotopic (exact) mass is 339 g/mol. The van der Waals surface area contributed by atoms with Crippen LogP contribution in [0.5, 0.6) is 0 Å². The van der Waals surface area contributed by atoms with Crippen molar-refractivity contribution in [1.29, 1.82) is 0 Å². The zero-order chi connectivity index (χ0) is 16.4. The summed E-state index contributed by atoms with van der Waals surface area (Å²) in [6.45, 7) is 5.03. The normalized spacial score (nSPS) is 18.1. The number of likely N-dealkylation sites (tertiary alicyclic amines) is 1. The molecule has 1 aliphatic rings. The standard InChI is InChI=1S/C19H21N3OS/c1-14-7-8-18(23-14)19-21-17(13-24-19)12-22-10-9-16(11-22)20-15-5-3-2-4-6-15/h2-8,13,16,20H,9-12H2,1H3/t16-/m1/s1. The molecule has 124 valence electrons. The molecule has 3 aromatic rings. The molecule has 4 rings (SSSR count). The highest BCUT2D eigenvalue weighted by atomic mass is 32.1. The average molecular weight is 339 g/mol. The highest BCUT2D eigenvalue weighted by Crippen LogP contribution is 2.26. The van der Waals surface area contributed by atoms with Crippen LogP contribution in [0.2, 0.25) is 0 Å². The van der Waals surface area contributed by atoms with Gasteiger partial charge in [-0.25, -0.2) is 4.98 Å². The molecule has 2 aromatic heterocycles. The zero-order valence-corrected chi connectivity index (χ0v) is 14.6. The molecule has 0 radical (unpaired) electrons. The Kier molecular flexibility index (Phi) is 4.36. The van der Waals surface area contributed by atoms with Gasteiger partial charge in [0.1, 0.15) is 5.76 Å². The van der Waals surface area contributed by atoms with Gasteiger partial charge in [0.15, 0.2) is 10.8 Å². The van der Waals surface area contributed by atoms with Crippen LogP contribution in [0.4, 0.5) is 5.69 Å². The van der Waals surface area contributed by atoms with Gasteiger partial charge in [0.25, 0.3) is 0 Å². The summed E-state index contributed by atoms with van der Waals surface area (Å²) in [6.07, 6.45) is 1.17. The number of aromatic nitrogens is 1. The Hall–Kier alpha value is -2.11. The molecule has 0 unspecified atom stereocenters. The van der Waals surface area contributed by atoms with Crippen LogP contribution in [-0.4, -0.2) is 29.0 Å². The zero-order valence-electron chi connectivity index (χ0n) is 13.7. The molecule has 0 saturated carbocycles. The van der Waals surface area contributed by atoms with Crippen molar-refractivity contribution in [2.45, 2.75) is 25.9 Å². The van der Waals surface area contributed by atoms with E-state index in [0.717, 1.165) is 41.9 Å². The van der Waals surface area contributed by atoms with E-state index in [1.807, 2.05) is 25.1 Å². The maximum atomic E-state index is 5.66. The number of nitrogens with zero attached hydrogens (tertiary/aromatic N) is 2. The molecule has 5 heteroatoms. The van der Waals surface area contributed by atoms with Gasteiger partial charge in [0, 0.05) is 36.7 Å². The summed E-state index contributed by atoms with van der Waals surface area (Å²) in [6, 6.07) is 14.9. The van der Waals surface area contributed by atoms with Crippen molar-refractivity contribution in [3.8, 4) is 10.8 Å². The van der Waals surface area contributed by atoms with E-state index in [-0.39, 0.29) is 0 Å². The fourth-order valence-electron chi connectivity index (χ4n) is 3.14. The Balaban J connectivity index is 1.34. The minimum atomic E-state index is 0.512. The Morgan fingerprint density at radius 2 is 2.12 bits per heavy atom. The molecule has 1 N–H and O–H groups in total. The number of hydrogen-bond acceptors (Lipinski definition) is 5. The third-order valence-electron chi connectivity index (χ3n) is 4.31. The Labute approximate surface area is 146 Å². The van der Waals surface area contributed by atoms with Gasteiger partial charge in [-0.1, -0.05) is 18.2 Å². The second kappa shape index (κ2) is 6.79. The maximum absolute atomic E-state index is 5.66. The van der Waals surface area contributed by atoms with E-state index in [0.29, 0.717) is 6.04 Å². The summed E-state index contributed by atoms with van der Waals surface area (Å²) in [7, 11) is 0. The number of anilines is 1.